The van der Waals surface area contributed by atoms with E-state index in [1.807, 2.05) is 35.2 Å². The van der Waals surface area contributed by atoms with Crippen LogP contribution < -0.4 is 5.32 Å². The standard InChI is InChI=1S/C21H24FN3O3S/c1-29(27,28)25-12-16-11-24(13-17(16)21(25)15-7-3-2-4-8-15)14-20(26)23-19-10-6-5-9-18(19)22/h2-10,16-17,21H,11-14H2,1H3,(H,23,26)/t16-,17-,21+/m1/s1. The summed E-state index contributed by atoms with van der Waals surface area (Å²) in [5.41, 5.74) is 1.14. The van der Waals surface area contributed by atoms with Crippen LogP contribution in [0.2, 0.25) is 0 Å². The zero-order chi connectivity index (χ0) is 20.6. The van der Waals surface area contributed by atoms with Gasteiger partial charge in [-0.3, -0.25) is 9.69 Å². The number of anilines is 1. The molecule has 0 spiro atoms. The first-order valence-corrected chi connectivity index (χ1v) is 11.5. The summed E-state index contributed by atoms with van der Waals surface area (Å²) in [6, 6.07) is 15.5. The smallest absolute Gasteiger partial charge is 0.238 e. The number of rotatable bonds is 5. The highest BCUT2D eigenvalue weighted by Gasteiger charge is 2.50. The number of carbonyl (C=O) groups excluding carboxylic acids is 1. The Bertz CT molecular complexity index is 999. The molecule has 0 bridgehead atoms. The van der Waals surface area contributed by atoms with E-state index in [1.165, 1.54) is 18.4 Å². The zero-order valence-electron chi connectivity index (χ0n) is 16.2. The molecule has 2 aliphatic heterocycles. The van der Waals surface area contributed by atoms with Gasteiger partial charge in [0.05, 0.1) is 24.5 Å². The Morgan fingerprint density at radius 2 is 1.76 bits per heavy atom. The minimum absolute atomic E-state index is 0.119. The van der Waals surface area contributed by atoms with Crippen LogP contribution in [-0.2, 0) is 14.8 Å². The summed E-state index contributed by atoms with van der Waals surface area (Å²) in [7, 11) is -3.33. The lowest BCUT2D eigenvalue weighted by Crippen LogP contribution is -2.37. The van der Waals surface area contributed by atoms with Crippen LogP contribution in [0.25, 0.3) is 0 Å². The molecular weight excluding hydrogens is 393 g/mol. The largest absolute Gasteiger partial charge is 0.322 e. The average Bonchev–Trinajstić information content (AvgIpc) is 3.21. The molecule has 2 saturated heterocycles. The van der Waals surface area contributed by atoms with Gasteiger partial charge in [-0.05, 0) is 29.5 Å². The normalized spacial score (nSPS) is 25.1. The Kier molecular flexibility index (Phi) is 5.42. The number of hydrogen-bond acceptors (Lipinski definition) is 4. The third-order valence-electron chi connectivity index (χ3n) is 5.78. The highest BCUT2D eigenvalue weighted by molar-refractivity contribution is 7.88. The topological polar surface area (TPSA) is 69.7 Å². The number of hydrogen-bond donors (Lipinski definition) is 1. The average molecular weight is 418 g/mol. The highest BCUT2D eigenvalue weighted by Crippen LogP contribution is 2.45. The van der Waals surface area contributed by atoms with Crippen molar-refractivity contribution in [1.82, 2.24) is 9.21 Å². The molecule has 1 N–H and O–H groups in total. The summed E-state index contributed by atoms with van der Waals surface area (Å²) in [6.45, 7) is 1.88. The number of halogens is 1. The predicted octanol–water partition coefficient (Wildman–Crippen LogP) is 2.33. The third kappa shape index (κ3) is 4.19. The first kappa shape index (κ1) is 20.0. The fourth-order valence-corrected chi connectivity index (χ4v) is 5.74. The number of nitrogens with zero attached hydrogens (tertiary/aromatic N) is 2. The Labute approximate surface area is 170 Å². The number of para-hydroxylation sites is 1. The van der Waals surface area contributed by atoms with Crippen LogP contribution in [0, 0.1) is 17.7 Å². The molecule has 0 aliphatic carbocycles. The van der Waals surface area contributed by atoms with E-state index in [0.717, 1.165) is 5.56 Å². The van der Waals surface area contributed by atoms with Crippen molar-refractivity contribution < 1.29 is 17.6 Å². The van der Waals surface area contributed by atoms with Crippen molar-refractivity contribution in [3.63, 3.8) is 0 Å². The molecule has 6 nitrogen and oxygen atoms in total. The van der Waals surface area contributed by atoms with Crippen LogP contribution in [0.3, 0.4) is 0 Å². The maximum absolute atomic E-state index is 13.8. The third-order valence-corrected chi connectivity index (χ3v) is 7.01. The first-order valence-electron chi connectivity index (χ1n) is 9.61. The second kappa shape index (κ2) is 7.85. The Morgan fingerprint density at radius 3 is 2.45 bits per heavy atom. The molecule has 154 valence electrons. The molecule has 2 heterocycles. The fourth-order valence-electron chi connectivity index (χ4n) is 4.59. The van der Waals surface area contributed by atoms with Crippen LogP contribution in [0.15, 0.2) is 54.6 Å². The number of carbonyl (C=O) groups is 1. The molecule has 2 aromatic rings. The molecular formula is C21H24FN3O3S. The maximum atomic E-state index is 13.8. The van der Waals surface area contributed by atoms with E-state index in [0.29, 0.717) is 19.6 Å². The van der Waals surface area contributed by atoms with E-state index >= 15 is 0 Å². The first-order chi connectivity index (χ1) is 13.8. The van der Waals surface area contributed by atoms with Crippen molar-refractivity contribution in [2.75, 3.05) is 37.8 Å². The molecule has 29 heavy (non-hydrogen) atoms. The van der Waals surface area contributed by atoms with Crippen molar-refractivity contribution in [1.29, 1.82) is 0 Å². The van der Waals surface area contributed by atoms with Crippen LogP contribution in [0.1, 0.15) is 11.6 Å². The predicted molar refractivity (Wildman–Crippen MR) is 109 cm³/mol. The molecule has 3 atom stereocenters. The number of likely N-dealkylation sites (tertiary alicyclic amines) is 1. The number of fused-ring (bicyclic) bond motifs is 1. The van der Waals surface area contributed by atoms with E-state index in [-0.39, 0.29) is 36.0 Å². The molecule has 8 heteroatoms. The van der Waals surface area contributed by atoms with Crippen LogP contribution >= 0.6 is 0 Å². The number of amides is 1. The SMILES string of the molecule is CS(=O)(=O)N1C[C@H]2CN(CC(=O)Nc3ccccc3F)C[C@H]2[C@@H]1c1ccccc1. The van der Waals surface area contributed by atoms with E-state index in [2.05, 4.69) is 5.32 Å². The Morgan fingerprint density at radius 1 is 1.07 bits per heavy atom. The van der Waals surface area contributed by atoms with Crippen LogP contribution in [0.4, 0.5) is 10.1 Å². The lowest BCUT2D eigenvalue weighted by Gasteiger charge is -2.28. The van der Waals surface area contributed by atoms with E-state index in [9.17, 15) is 17.6 Å². The van der Waals surface area contributed by atoms with Gasteiger partial charge in [0.15, 0.2) is 0 Å². The van der Waals surface area contributed by atoms with Gasteiger partial charge in [0.25, 0.3) is 0 Å². The fraction of sp³-hybridized carbons (Fsp3) is 0.381. The van der Waals surface area contributed by atoms with Gasteiger partial charge < -0.3 is 5.32 Å². The van der Waals surface area contributed by atoms with E-state index < -0.39 is 15.8 Å². The van der Waals surface area contributed by atoms with Crippen molar-refractivity contribution in [2.45, 2.75) is 6.04 Å². The minimum atomic E-state index is -3.33. The summed E-state index contributed by atoms with van der Waals surface area (Å²) in [5, 5.41) is 2.62. The number of nitrogens with one attached hydrogen (secondary N) is 1. The second-order valence-electron chi connectivity index (χ2n) is 7.83. The molecule has 1 amide bonds. The minimum Gasteiger partial charge on any atom is -0.322 e. The summed E-state index contributed by atoms with van der Waals surface area (Å²) in [5.74, 6) is -0.456. The van der Waals surface area contributed by atoms with Crippen LogP contribution in [0.5, 0.6) is 0 Å². The Hall–Kier alpha value is -2.29. The van der Waals surface area contributed by atoms with Gasteiger partial charge in [-0.1, -0.05) is 42.5 Å². The molecule has 0 unspecified atom stereocenters. The van der Waals surface area contributed by atoms with Gasteiger partial charge in [0, 0.05) is 19.6 Å². The van der Waals surface area contributed by atoms with Crippen molar-refractivity contribution in [3.8, 4) is 0 Å². The molecule has 0 saturated carbocycles. The van der Waals surface area contributed by atoms with Crippen LogP contribution in [-0.4, -0.2) is 56.0 Å². The van der Waals surface area contributed by atoms with E-state index in [1.54, 1.807) is 16.4 Å². The zero-order valence-corrected chi connectivity index (χ0v) is 17.0. The number of benzene rings is 2. The summed E-state index contributed by atoms with van der Waals surface area (Å²) < 4.78 is 40.1. The van der Waals surface area contributed by atoms with Gasteiger partial charge in [0.1, 0.15) is 5.82 Å². The van der Waals surface area contributed by atoms with E-state index in [4.69, 9.17) is 0 Å². The van der Waals surface area contributed by atoms with Gasteiger partial charge in [0.2, 0.25) is 15.9 Å². The number of sulfonamides is 1. The van der Waals surface area contributed by atoms with Crippen molar-refractivity contribution in [2.24, 2.45) is 11.8 Å². The lowest BCUT2D eigenvalue weighted by molar-refractivity contribution is -0.117. The van der Waals surface area contributed by atoms with Crippen molar-refractivity contribution in [3.05, 3.63) is 66.0 Å². The van der Waals surface area contributed by atoms with Crippen molar-refractivity contribution >= 4 is 21.6 Å². The molecule has 4 rings (SSSR count). The quantitative estimate of drug-likeness (QED) is 0.811. The molecule has 2 aromatic carbocycles. The lowest BCUT2D eigenvalue weighted by atomic mass is 9.90. The van der Waals surface area contributed by atoms with Gasteiger partial charge in [-0.25, -0.2) is 12.8 Å². The maximum Gasteiger partial charge on any atom is 0.238 e. The Balaban J connectivity index is 1.47. The monoisotopic (exact) mass is 417 g/mol. The summed E-state index contributed by atoms with van der Waals surface area (Å²) >= 11 is 0. The molecule has 0 aromatic heterocycles. The molecule has 0 radical (unpaired) electrons. The van der Waals surface area contributed by atoms with Gasteiger partial charge in [-0.2, -0.15) is 4.31 Å². The van der Waals surface area contributed by atoms with Gasteiger partial charge in [-0.15, -0.1) is 0 Å². The summed E-state index contributed by atoms with van der Waals surface area (Å²) in [4.78, 5) is 14.4. The molecule has 2 fully saturated rings. The highest BCUT2D eigenvalue weighted by atomic mass is 32.2. The summed E-state index contributed by atoms with van der Waals surface area (Å²) in [6.07, 6.45) is 1.25. The van der Waals surface area contributed by atoms with Gasteiger partial charge >= 0.3 is 0 Å². The molecule has 2 aliphatic rings. The second-order valence-corrected chi connectivity index (χ2v) is 9.77.